The number of nitrogens with zero attached hydrogens (tertiary/aromatic N) is 1. The van der Waals surface area contributed by atoms with Crippen LogP contribution in [-0.4, -0.2) is 22.0 Å². The quantitative estimate of drug-likeness (QED) is 0.889. The smallest absolute Gasteiger partial charge is 0.355 e. The maximum Gasteiger partial charge on any atom is 0.355 e. The van der Waals surface area contributed by atoms with Gasteiger partial charge in [-0.3, -0.25) is 4.79 Å². The van der Waals surface area contributed by atoms with Crippen LogP contribution in [-0.2, 0) is 16.8 Å². The van der Waals surface area contributed by atoms with E-state index >= 15 is 0 Å². The molecule has 0 saturated heterocycles. The summed E-state index contributed by atoms with van der Waals surface area (Å²) in [5.74, 6) is -1.16. The van der Waals surface area contributed by atoms with Gasteiger partial charge in [0.1, 0.15) is 5.01 Å². The zero-order valence-electron chi connectivity index (χ0n) is 11.0. The van der Waals surface area contributed by atoms with Crippen molar-refractivity contribution in [1.82, 2.24) is 10.3 Å². The van der Waals surface area contributed by atoms with Gasteiger partial charge in [-0.15, -0.1) is 22.7 Å². The van der Waals surface area contributed by atoms with E-state index < -0.39 is 11.4 Å². The van der Waals surface area contributed by atoms with Gasteiger partial charge >= 0.3 is 5.97 Å². The zero-order chi connectivity index (χ0) is 14.8. The van der Waals surface area contributed by atoms with Gasteiger partial charge in [0, 0.05) is 10.3 Å². The number of thiazole rings is 1. The molecule has 0 unspecified atom stereocenters. The lowest BCUT2D eigenvalue weighted by Crippen LogP contribution is -2.39. The number of aromatic nitrogens is 1. The van der Waals surface area contributed by atoms with Crippen molar-refractivity contribution >= 4 is 34.6 Å². The molecule has 0 aliphatic rings. The van der Waals surface area contributed by atoms with Crippen LogP contribution in [0, 0.1) is 0 Å². The first-order valence-electron chi connectivity index (χ1n) is 5.91. The monoisotopic (exact) mass is 310 g/mol. The van der Waals surface area contributed by atoms with Crippen LogP contribution in [0.5, 0.6) is 0 Å². The minimum Gasteiger partial charge on any atom is -0.476 e. The van der Waals surface area contributed by atoms with Crippen molar-refractivity contribution in [3.05, 3.63) is 38.5 Å². The van der Waals surface area contributed by atoms with Gasteiger partial charge in [0.25, 0.3) is 0 Å². The highest BCUT2D eigenvalue weighted by molar-refractivity contribution is 7.10. The fraction of sp³-hybridized carbons (Fsp3) is 0.308. The number of carbonyl (C=O) groups is 2. The van der Waals surface area contributed by atoms with Crippen molar-refractivity contribution in [2.45, 2.75) is 25.8 Å². The lowest BCUT2D eigenvalue weighted by Gasteiger charge is -2.21. The number of amides is 1. The number of rotatable bonds is 5. The SMILES string of the molecule is CC(C)(C(=O)NCc1nc(C(=O)O)cs1)c1cccs1. The van der Waals surface area contributed by atoms with E-state index in [-0.39, 0.29) is 18.1 Å². The molecule has 0 atom stereocenters. The third-order valence-corrected chi connectivity index (χ3v) is 4.92. The lowest BCUT2D eigenvalue weighted by atomic mass is 9.90. The molecule has 0 saturated carbocycles. The topological polar surface area (TPSA) is 79.3 Å². The predicted molar refractivity (Wildman–Crippen MR) is 78.3 cm³/mol. The molecule has 106 valence electrons. The highest BCUT2D eigenvalue weighted by atomic mass is 32.1. The largest absolute Gasteiger partial charge is 0.476 e. The summed E-state index contributed by atoms with van der Waals surface area (Å²) in [7, 11) is 0. The Morgan fingerprint density at radius 2 is 2.15 bits per heavy atom. The first-order chi connectivity index (χ1) is 9.41. The van der Waals surface area contributed by atoms with Gasteiger partial charge < -0.3 is 10.4 Å². The molecule has 0 aromatic carbocycles. The van der Waals surface area contributed by atoms with Crippen molar-refractivity contribution in [3.63, 3.8) is 0 Å². The van der Waals surface area contributed by atoms with Crippen LogP contribution in [0.15, 0.2) is 22.9 Å². The molecule has 20 heavy (non-hydrogen) atoms. The number of hydrogen-bond acceptors (Lipinski definition) is 5. The zero-order valence-corrected chi connectivity index (χ0v) is 12.7. The molecule has 2 aromatic heterocycles. The summed E-state index contributed by atoms with van der Waals surface area (Å²) in [5.41, 5.74) is -0.599. The Balaban J connectivity index is 1.99. The van der Waals surface area contributed by atoms with E-state index in [2.05, 4.69) is 10.3 Å². The molecule has 2 aromatic rings. The minimum atomic E-state index is -1.06. The van der Waals surface area contributed by atoms with E-state index in [9.17, 15) is 9.59 Å². The Morgan fingerprint density at radius 1 is 1.40 bits per heavy atom. The Hall–Kier alpha value is -1.73. The summed E-state index contributed by atoms with van der Waals surface area (Å²) in [6, 6.07) is 3.84. The van der Waals surface area contributed by atoms with Gasteiger partial charge in [-0.25, -0.2) is 9.78 Å². The number of aromatic carboxylic acids is 1. The molecular formula is C13H14N2O3S2. The van der Waals surface area contributed by atoms with Gasteiger partial charge in [-0.2, -0.15) is 0 Å². The molecule has 0 radical (unpaired) electrons. The molecule has 0 fully saturated rings. The molecule has 0 aliphatic carbocycles. The standard InChI is InChI=1S/C13H14N2O3S2/c1-13(2,9-4-3-5-19-9)12(18)14-6-10-15-8(7-20-10)11(16)17/h3-5,7H,6H2,1-2H3,(H,14,18)(H,16,17). The summed E-state index contributed by atoms with van der Waals surface area (Å²) in [5, 5.41) is 15.6. The fourth-order valence-electron chi connectivity index (χ4n) is 1.61. The van der Waals surface area contributed by atoms with Crippen LogP contribution in [0.2, 0.25) is 0 Å². The van der Waals surface area contributed by atoms with Gasteiger partial charge in [0.2, 0.25) is 5.91 Å². The number of carboxylic acid groups (broad SMARTS) is 1. The average Bonchev–Trinajstić information content (AvgIpc) is 3.06. The Labute approximate surface area is 124 Å². The number of nitrogens with one attached hydrogen (secondary N) is 1. The average molecular weight is 310 g/mol. The molecule has 0 spiro atoms. The first kappa shape index (κ1) is 14.7. The Bertz CT molecular complexity index is 617. The van der Waals surface area contributed by atoms with Gasteiger partial charge in [-0.05, 0) is 25.3 Å². The van der Waals surface area contributed by atoms with Crippen LogP contribution in [0.3, 0.4) is 0 Å². The summed E-state index contributed by atoms with van der Waals surface area (Å²) >= 11 is 2.76. The summed E-state index contributed by atoms with van der Waals surface area (Å²) in [4.78, 5) is 27.9. The van der Waals surface area contributed by atoms with E-state index in [1.807, 2.05) is 31.4 Å². The molecule has 1 amide bonds. The number of carbonyl (C=O) groups excluding carboxylic acids is 1. The second kappa shape index (κ2) is 5.72. The third-order valence-electron chi connectivity index (χ3n) is 2.88. The second-order valence-electron chi connectivity index (χ2n) is 4.72. The van der Waals surface area contributed by atoms with Crippen molar-refractivity contribution in [2.24, 2.45) is 0 Å². The van der Waals surface area contributed by atoms with Crippen molar-refractivity contribution in [3.8, 4) is 0 Å². The number of thiophene rings is 1. The van der Waals surface area contributed by atoms with Crippen LogP contribution in [0.4, 0.5) is 0 Å². The maximum atomic E-state index is 12.2. The van der Waals surface area contributed by atoms with Crippen LogP contribution in [0.1, 0.15) is 34.2 Å². The van der Waals surface area contributed by atoms with Gasteiger partial charge in [0.05, 0.1) is 12.0 Å². The molecule has 0 aliphatic heterocycles. The van der Waals surface area contributed by atoms with Crippen molar-refractivity contribution < 1.29 is 14.7 Å². The van der Waals surface area contributed by atoms with Crippen molar-refractivity contribution in [2.75, 3.05) is 0 Å². The Morgan fingerprint density at radius 3 is 2.70 bits per heavy atom. The van der Waals surface area contributed by atoms with Crippen LogP contribution < -0.4 is 5.32 Å². The van der Waals surface area contributed by atoms with Crippen LogP contribution in [0.25, 0.3) is 0 Å². The lowest BCUT2D eigenvalue weighted by molar-refractivity contribution is -0.125. The molecular weight excluding hydrogens is 296 g/mol. The van der Waals surface area contributed by atoms with E-state index in [0.29, 0.717) is 5.01 Å². The predicted octanol–water partition coefficient (Wildman–Crippen LogP) is 2.50. The molecule has 2 rings (SSSR count). The van der Waals surface area contributed by atoms with E-state index in [1.165, 1.54) is 28.1 Å². The third kappa shape index (κ3) is 3.05. The maximum absolute atomic E-state index is 12.2. The van der Waals surface area contributed by atoms with Gasteiger partial charge in [-0.1, -0.05) is 6.07 Å². The Kier molecular flexibility index (Phi) is 4.20. The molecule has 2 N–H and O–H groups in total. The van der Waals surface area contributed by atoms with E-state index in [0.717, 1.165) is 4.88 Å². The summed E-state index contributed by atoms with van der Waals surface area (Å²) in [6.07, 6.45) is 0. The fourth-order valence-corrected chi connectivity index (χ4v) is 3.17. The van der Waals surface area contributed by atoms with E-state index in [4.69, 9.17) is 5.11 Å². The molecule has 2 heterocycles. The summed E-state index contributed by atoms with van der Waals surface area (Å²) < 4.78 is 0. The van der Waals surface area contributed by atoms with Crippen LogP contribution >= 0.6 is 22.7 Å². The molecule has 0 bridgehead atoms. The highest BCUT2D eigenvalue weighted by Gasteiger charge is 2.30. The number of carboxylic acids is 1. The van der Waals surface area contributed by atoms with Gasteiger partial charge in [0.15, 0.2) is 5.69 Å². The minimum absolute atomic E-state index is 0.0109. The second-order valence-corrected chi connectivity index (χ2v) is 6.61. The number of hydrogen-bond donors (Lipinski definition) is 2. The molecule has 7 heteroatoms. The summed E-state index contributed by atoms with van der Waals surface area (Å²) in [6.45, 7) is 3.96. The first-order valence-corrected chi connectivity index (χ1v) is 7.67. The molecule has 5 nitrogen and oxygen atoms in total. The normalized spacial score (nSPS) is 11.3. The highest BCUT2D eigenvalue weighted by Crippen LogP contribution is 2.27. The van der Waals surface area contributed by atoms with Crippen molar-refractivity contribution in [1.29, 1.82) is 0 Å². The van der Waals surface area contributed by atoms with E-state index in [1.54, 1.807) is 0 Å².